The van der Waals surface area contributed by atoms with E-state index in [0.717, 1.165) is 0 Å². The molecule has 0 radical (unpaired) electrons. The number of Topliss-reactive ketones (excluding diaryl/α,β-unsaturated/α-hetero) is 1. The van der Waals surface area contributed by atoms with Gasteiger partial charge in [-0.05, 0) is 47.0 Å². The number of aliphatic imine (C=N–C) groups is 1. The second kappa shape index (κ2) is 10.9. The highest BCUT2D eigenvalue weighted by Crippen LogP contribution is 2.23. The van der Waals surface area contributed by atoms with Crippen molar-refractivity contribution in [3.8, 4) is 0 Å². The van der Waals surface area contributed by atoms with Crippen molar-refractivity contribution in [2.24, 2.45) is 10.9 Å². The van der Waals surface area contributed by atoms with Crippen LogP contribution in [-0.2, 0) is 4.79 Å². The Balaban J connectivity index is 0.00000163. The summed E-state index contributed by atoms with van der Waals surface area (Å²) in [5.74, 6) is -1.32. The van der Waals surface area contributed by atoms with Crippen LogP contribution in [0.1, 0.15) is 26.7 Å². The van der Waals surface area contributed by atoms with Gasteiger partial charge in [0.1, 0.15) is 5.82 Å². The molecule has 0 bridgehead atoms. The van der Waals surface area contributed by atoms with E-state index in [1.54, 1.807) is 11.9 Å². The second-order valence-electron chi connectivity index (χ2n) is 5.35. The lowest BCUT2D eigenvalue weighted by Gasteiger charge is -2.30. The third-order valence-corrected chi connectivity index (χ3v) is 4.46. The highest BCUT2D eigenvalue weighted by atomic mass is 79.9. The number of likely N-dealkylation sites (tertiary alicyclic amines) is 1. The maximum atomic E-state index is 13.2. The summed E-state index contributed by atoms with van der Waals surface area (Å²) in [5.41, 5.74) is 2.15. The van der Waals surface area contributed by atoms with Crippen molar-refractivity contribution in [3.63, 3.8) is 0 Å². The first-order valence-corrected chi connectivity index (χ1v) is 9.20. The van der Waals surface area contributed by atoms with Crippen LogP contribution in [0.4, 0.5) is 14.9 Å². The summed E-state index contributed by atoms with van der Waals surface area (Å²) in [4.78, 5) is 29.7. The quantitative estimate of drug-likeness (QED) is 0.389. The average Bonchev–Trinajstić information content (AvgIpc) is 2.69. The number of hydrogen-bond donors (Lipinski definition) is 3. The molecule has 0 atom stereocenters. The Morgan fingerprint density at radius 2 is 1.92 bits per heavy atom. The zero-order valence-electron chi connectivity index (χ0n) is 15.1. The maximum absolute atomic E-state index is 13.2. The van der Waals surface area contributed by atoms with Crippen molar-refractivity contribution < 1.29 is 19.2 Å². The number of rotatable bonds is 3. The van der Waals surface area contributed by atoms with Crippen molar-refractivity contribution in [2.45, 2.75) is 26.7 Å². The fourth-order valence-electron chi connectivity index (χ4n) is 2.52. The van der Waals surface area contributed by atoms with Gasteiger partial charge in [-0.3, -0.25) is 10.0 Å². The van der Waals surface area contributed by atoms with Crippen molar-refractivity contribution in [2.75, 3.05) is 20.1 Å². The molecule has 0 saturated carbocycles. The number of ketones is 1. The molecule has 144 valence electrons. The van der Waals surface area contributed by atoms with Crippen LogP contribution in [0.2, 0.25) is 0 Å². The summed E-state index contributed by atoms with van der Waals surface area (Å²) in [7, 11) is 1.56. The molecule has 1 fully saturated rings. The van der Waals surface area contributed by atoms with E-state index in [4.69, 9.17) is 0 Å². The molecule has 7 nitrogen and oxygen atoms in total. The first-order chi connectivity index (χ1) is 12.5. The van der Waals surface area contributed by atoms with E-state index >= 15 is 0 Å². The van der Waals surface area contributed by atoms with Gasteiger partial charge in [-0.1, -0.05) is 13.8 Å². The lowest BCUT2D eigenvalue weighted by atomic mass is 9.92. The van der Waals surface area contributed by atoms with E-state index in [1.165, 1.54) is 18.2 Å². The number of benzene rings is 1. The predicted octanol–water partition coefficient (Wildman–Crippen LogP) is 3.24. The van der Waals surface area contributed by atoms with Gasteiger partial charge in [0, 0.05) is 26.1 Å². The van der Waals surface area contributed by atoms with Gasteiger partial charge >= 0.3 is 6.03 Å². The molecule has 3 N–H and O–H groups in total. The van der Waals surface area contributed by atoms with Crippen LogP contribution < -0.4 is 10.8 Å². The standard InChI is InChI=1S/C15H18BrFN4O3.C2H6/c1-18-15(23)21-6-4-9(5-7-21)13(22)14(20-24)19-10-2-3-12(17)11(16)8-10;1-2/h2-3,8-9,24H,4-7H2,1H3,(H,18,23)(H,19,20);1-2H3. The van der Waals surface area contributed by atoms with E-state index in [1.807, 2.05) is 19.3 Å². The summed E-state index contributed by atoms with van der Waals surface area (Å²) in [6, 6.07) is 3.85. The lowest BCUT2D eigenvalue weighted by molar-refractivity contribution is -0.118. The number of carbonyl (C=O) groups excluding carboxylic acids is 2. The predicted molar refractivity (Wildman–Crippen MR) is 101 cm³/mol. The Bertz CT molecular complexity index is 661. The molecule has 0 unspecified atom stereocenters. The summed E-state index contributed by atoms with van der Waals surface area (Å²) >= 11 is 3.04. The molecule has 1 aromatic carbocycles. The van der Waals surface area contributed by atoms with Gasteiger partial charge in [-0.25, -0.2) is 19.7 Å². The molecular formula is C17H24BrFN4O3. The monoisotopic (exact) mass is 430 g/mol. The van der Waals surface area contributed by atoms with E-state index in [-0.39, 0.29) is 28.0 Å². The van der Waals surface area contributed by atoms with Gasteiger partial charge in [0.25, 0.3) is 0 Å². The van der Waals surface area contributed by atoms with E-state index < -0.39 is 5.82 Å². The number of halogens is 2. The molecule has 0 spiro atoms. The smallest absolute Gasteiger partial charge is 0.317 e. The summed E-state index contributed by atoms with van der Waals surface area (Å²) in [6.45, 7) is 4.91. The minimum Gasteiger partial charge on any atom is -0.341 e. The number of amides is 2. The fourth-order valence-corrected chi connectivity index (χ4v) is 2.88. The molecule has 1 saturated heterocycles. The maximum Gasteiger partial charge on any atom is 0.317 e. The van der Waals surface area contributed by atoms with Crippen molar-refractivity contribution in [3.05, 3.63) is 28.5 Å². The van der Waals surface area contributed by atoms with Crippen molar-refractivity contribution in [1.29, 1.82) is 0 Å². The van der Waals surface area contributed by atoms with Gasteiger partial charge in [0.15, 0.2) is 5.84 Å². The summed E-state index contributed by atoms with van der Waals surface area (Å²) in [5, 5.41) is 11.8. The molecule has 1 aliphatic heterocycles. The molecule has 1 heterocycles. The Morgan fingerprint density at radius 1 is 1.31 bits per heavy atom. The van der Waals surface area contributed by atoms with Crippen LogP contribution in [0.5, 0.6) is 0 Å². The van der Waals surface area contributed by atoms with E-state index in [0.29, 0.717) is 31.6 Å². The van der Waals surface area contributed by atoms with Crippen molar-refractivity contribution >= 4 is 39.3 Å². The van der Waals surface area contributed by atoms with Crippen LogP contribution >= 0.6 is 15.9 Å². The van der Waals surface area contributed by atoms with Crippen LogP contribution in [0.15, 0.2) is 27.7 Å². The zero-order valence-corrected chi connectivity index (χ0v) is 16.6. The number of nitrogens with zero attached hydrogens (tertiary/aromatic N) is 2. The van der Waals surface area contributed by atoms with Gasteiger partial charge in [-0.15, -0.1) is 0 Å². The zero-order chi connectivity index (χ0) is 19.7. The number of hydrogen-bond acceptors (Lipinski definition) is 4. The normalized spacial score (nSPS) is 15.0. The Kier molecular flexibility index (Phi) is 9.22. The molecule has 2 amide bonds. The third-order valence-electron chi connectivity index (χ3n) is 3.85. The van der Waals surface area contributed by atoms with Gasteiger partial charge < -0.3 is 10.2 Å². The van der Waals surface area contributed by atoms with Crippen LogP contribution in [-0.4, -0.2) is 47.9 Å². The van der Waals surface area contributed by atoms with Crippen molar-refractivity contribution in [1.82, 2.24) is 15.7 Å². The minimum atomic E-state index is -0.444. The summed E-state index contributed by atoms with van der Waals surface area (Å²) in [6.07, 6.45) is 0.972. The van der Waals surface area contributed by atoms with Gasteiger partial charge in [0.05, 0.1) is 10.2 Å². The number of hydroxylamine groups is 1. The fraction of sp³-hybridized carbons (Fsp3) is 0.471. The number of amidine groups is 1. The topological polar surface area (TPSA) is 94.0 Å². The molecule has 2 rings (SSSR count). The third kappa shape index (κ3) is 5.77. The van der Waals surface area contributed by atoms with Crippen LogP contribution in [0.25, 0.3) is 0 Å². The van der Waals surface area contributed by atoms with Gasteiger partial charge in [0.2, 0.25) is 5.78 Å². The molecule has 9 heteroatoms. The Morgan fingerprint density at radius 3 is 2.42 bits per heavy atom. The molecule has 0 aliphatic carbocycles. The molecule has 1 aliphatic rings. The molecule has 1 aromatic rings. The summed E-state index contributed by atoms with van der Waals surface area (Å²) < 4.78 is 13.4. The molecular weight excluding hydrogens is 407 g/mol. The van der Waals surface area contributed by atoms with E-state index in [9.17, 15) is 19.2 Å². The second-order valence-corrected chi connectivity index (χ2v) is 6.21. The number of nitrogens with one attached hydrogen (secondary N) is 2. The number of carbonyl (C=O) groups is 2. The van der Waals surface area contributed by atoms with E-state index in [2.05, 4.69) is 26.2 Å². The highest BCUT2D eigenvalue weighted by Gasteiger charge is 2.29. The average molecular weight is 431 g/mol. The SMILES string of the molecule is CC.CNC(=O)N1CCC(C(=O)C(=Nc2ccc(F)c(Br)c2)NO)CC1. The molecule has 0 aromatic heterocycles. The molecule has 26 heavy (non-hydrogen) atoms. The largest absolute Gasteiger partial charge is 0.341 e. The number of urea groups is 1. The first-order valence-electron chi connectivity index (χ1n) is 8.41. The first kappa shape index (κ1) is 22.0. The minimum absolute atomic E-state index is 0.175. The Labute approximate surface area is 160 Å². The lowest BCUT2D eigenvalue weighted by Crippen LogP contribution is -2.46. The number of piperidine rings is 1. The van der Waals surface area contributed by atoms with Crippen LogP contribution in [0.3, 0.4) is 0 Å². The van der Waals surface area contributed by atoms with Crippen LogP contribution in [0, 0.1) is 11.7 Å². The highest BCUT2D eigenvalue weighted by molar-refractivity contribution is 9.10. The Hall–Kier alpha value is -2.00. The van der Waals surface area contributed by atoms with Gasteiger partial charge in [-0.2, -0.15) is 0 Å².